The van der Waals surface area contributed by atoms with Crippen LogP contribution in [-0.2, 0) is 6.54 Å². The summed E-state index contributed by atoms with van der Waals surface area (Å²) < 4.78 is 5.40. The molecule has 0 aliphatic carbocycles. The fourth-order valence-corrected chi connectivity index (χ4v) is 4.87. The Hall–Kier alpha value is -3.47. The minimum Gasteiger partial charge on any atom is -0.505 e. The molecule has 5 rings (SSSR count). The van der Waals surface area contributed by atoms with Gasteiger partial charge in [-0.05, 0) is 38.4 Å². The molecule has 2 aliphatic rings. The number of carbonyl (C=O) groups is 1. The minimum atomic E-state index is -0.407. The number of piperazine rings is 2. The number of methoxy groups -OCH3 is 1. The number of ether oxygens (including phenoxy) is 1. The summed E-state index contributed by atoms with van der Waals surface area (Å²) in [5.41, 5.74) is 3.55. The van der Waals surface area contributed by atoms with E-state index >= 15 is 0 Å². The van der Waals surface area contributed by atoms with Crippen LogP contribution >= 0.6 is 0 Å². The van der Waals surface area contributed by atoms with E-state index in [1.807, 2.05) is 36.4 Å². The number of phenolic OH excluding ortho intramolecular Hbond substituents is 1. The van der Waals surface area contributed by atoms with Gasteiger partial charge in [0.2, 0.25) is 5.88 Å². The molecule has 3 heterocycles. The Morgan fingerprint density at radius 1 is 0.946 bits per heavy atom. The number of rotatable bonds is 6. The van der Waals surface area contributed by atoms with Crippen LogP contribution in [0.4, 0.5) is 11.4 Å². The van der Waals surface area contributed by atoms with Gasteiger partial charge in [0.1, 0.15) is 5.75 Å². The van der Waals surface area contributed by atoms with Crippen molar-refractivity contribution < 1.29 is 14.6 Å². The summed E-state index contributed by atoms with van der Waals surface area (Å²) in [6.07, 6.45) is 0. The number of para-hydroxylation sites is 2. The number of benzene rings is 2. The molecule has 0 saturated carbocycles. The van der Waals surface area contributed by atoms with E-state index in [1.54, 1.807) is 0 Å². The van der Waals surface area contributed by atoms with Crippen LogP contribution in [0.15, 0.2) is 36.4 Å². The third-order valence-electron chi connectivity index (χ3n) is 7.21. The molecule has 2 saturated heterocycles. The summed E-state index contributed by atoms with van der Waals surface area (Å²) in [5.74, 6) is 0.0483. The molecule has 0 atom stereocenters. The Kier molecular flexibility index (Phi) is 7.40. The van der Waals surface area contributed by atoms with E-state index in [0.29, 0.717) is 23.3 Å². The van der Waals surface area contributed by atoms with Crippen molar-refractivity contribution in [2.24, 2.45) is 0 Å². The first-order valence-electron chi connectivity index (χ1n) is 12.7. The van der Waals surface area contributed by atoms with Crippen LogP contribution in [0, 0.1) is 0 Å². The molecule has 2 aliphatic heterocycles. The number of nitrogens with zero attached hydrogens (tertiary/aromatic N) is 6. The zero-order valence-electron chi connectivity index (χ0n) is 21.8. The third-order valence-corrected chi connectivity index (χ3v) is 7.21. The SMILES string of the molecule is COc1nc2ccccc2nc1C(=O)Nc1cc(CN2CCN(C)CC2)c(O)c(N2CCN(C)CC2)c1. The Balaban J connectivity index is 1.46. The number of amides is 1. The van der Waals surface area contributed by atoms with Crippen LogP contribution in [0.5, 0.6) is 11.6 Å². The van der Waals surface area contributed by atoms with Crippen molar-refractivity contribution in [3.05, 3.63) is 47.7 Å². The van der Waals surface area contributed by atoms with Gasteiger partial charge in [-0.1, -0.05) is 12.1 Å². The van der Waals surface area contributed by atoms with E-state index in [1.165, 1.54) is 7.11 Å². The summed E-state index contributed by atoms with van der Waals surface area (Å²) in [6, 6.07) is 11.1. The first-order valence-corrected chi connectivity index (χ1v) is 12.7. The number of carbonyl (C=O) groups excluding carboxylic acids is 1. The molecule has 10 heteroatoms. The lowest BCUT2D eigenvalue weighted by atomic mass is 10.1. The van der Waals surface area contributed by atoms with Gasteiger partial charge in [0.05, 0.1) is 23.8 Å². The van der Waals surface area contributed by atoms with E-state index in [-0.39, 0.29) is 17.3 Å². The van der Waals surface area contributed by atoms with E-state index in [0.717, 1.165) is 63.6 Å². The molecule has 0 radical (unpaired) electrons. The average molecular weight is 506 g/mol. The number of anilines is 2. The number of aromatic nitrogens is 2. The second kappa shape index (κ2) is 10.9. The van der Waals surface area contributed by atoms with Crippen LogP contribution in [0.3, 0.4) is 0 Å². The molecule has 37 heavy (non-hydrogen) atoms. The highest BCUT2D eigenvalue weighted by atomic mass is 16.5. The van der Waals surface area contributed by atoms with Gasteiger partial charge in [0, 0.05) is 70.2 Å². The maximum atomic E-state index is 13.4. The fraction of sp³-hybridized carbons (Fsp3) is 0.444. The highest BCUT2D eigenvalue weighted by molar-refractivity contribution is 6.05. The average Bonchev–Trinajstić information content (AvgIpc) is 2.91. The second-order valence-electron chi connectivity index (χ2n) is 9.90. The van der Waals surface area contributed by atoms with Gasteiger partial charge in [-0.2, -0.15) is 0 Å². The minimum absolute atomic E-state index is 0.121. The standard InChI is InChI=1S/C27H35N7O3/c1-31-8-12-33(13-9-31)18-19-16-20(17-23(25(19)35)34-14-10-32(2)11-15-34)28-26(36)24-27(37-3)30-22-7-5-4-6-21(22)29-24/h4-7,16-17,35H,8-15,18H2,1-3H3,(H,28,36). The monoisotopic (exact) mass is 505 g/mol. The molecular weight excluding hydrogens is 470 g/mol. The van der Waals surface area contributed by atoms with Crippen molar-refractivity contribution in [1.82, 2.24) is 24.7 Å². The number of hydrogen-bond donors (Lipinski definition) is 2. The van der Waals surface area contributed by atoms with E-state index in [2.05, 4.69) is 49.0 Å². The maximum Gasteiger partial charge on any atom is 0.279 e. The number of hydrogen-bond acceptors (Lipinski definition) is 9. The van der Waals surface area contributed by atoms with Gasteiger partial charge in [-0.3, -0.25) is 9.69 Å². The van der Waals surface area contributed by atoms with Crippen LogP contribution in [0.1, 0.15) is 16.1 Å². The van der Waals surface area contributed by atoms with Crippen molar-refractivity contribution >= 4 is 28.3 Å². The molecule has 3 aromatic rings. The highest BCUT2D eigenvalue weighted by Gasteiger charge is 2.24. The molecule has 2 aromatic carbocycles. The third kappa shape index (κ3) is 5.61. The predicted molar refractivity (Wildman–Crippen MR) is 145 cm³/mol. The number of nitrogens with one attached hydrogen (secondary N) is 1. The zero-order chi connectivity index (χ0) is 25.9. The topological polar surface area (TPSA) is 97.3 Å². The fourth-order valence-electron chi connectivity index (χ4n) is 4.87. The summed E-state index contributed by atoms with van der Waals surface area (Å²) in [5, 5.41) is 14.3. The lowest BCUT2D eigenvalue weighted by Crippen LogP contribution is -2.45. The second-order valence-corrected chi connectivity index (χ2v) is 9.90. The van der Waals surface area contributed by atoms with Crippen LogP contribution in [0.25, 0.3) is 11.0 Å². The van der Waals surface area contributed by atoms with Crippen LogP contribution in [-0.4, -0.2) is 109 Å². The van der Waals surface area contributed by atoms with Crippen LogP contribution < -0.4 is 15.0 Å². The van der Waals surface area contributed by atoms with Crippen molar-refractivity contribution in [3.63, 3.8) is 0 Å². The molecule has 0 spiro atoms. The number of fused-ring (bicyclic) bond motifs is 1. The lowest BCUT2D eigenvalue weighted by molar-refractivity contribution is 0.101. The Bertz CT molecular complexity index is 1270. The van der Waals surface area contributed by atoms with Crippen molar-refractivity contribution in [2.75, 3.05) is 83.8 Å². The summed E-state index contributed by atoms with van der Waals surface area (Å²) in [6.45, 7) is 7.88. The first-order chi connectivity index (χ1) is 17.9. The predicted octanol–water partition coefficient (Wildman–Crippen LogP) is 2.10. The zero-order valence-corrected chi connectivity index (χ0v) is 21.8. The maximum absolute atomic E-state index is 13.4. The smallest absolute Gasteiger partial charge is 0.279 e. The normalized spacial score (nSPS) is 17.8. The molecule has 2 fully saturated rings. The van der Waals surface area contributed by atoms with E-state index in [9.17, 15) is 9.90 Å². The van der Waals surface area contributed by atoms with Crippen molar-refractivity contribution in [3.8, 4) is 11.6 Å². The molecule has 10 nitrogen and oxygen atoms in total. The van der Waals surface area contributed by atoms with Crippen LogP contribution in [0.2, 0.25) is 0 Å². The lowest BCUT2D eigenvalue weighted by Gasteiger charge is -2.36. The molecule has 0 unspecified atom stereocenters. The van der Waals surface area contributed by atoms with Gasteiger partial charge < -0.3 is 29.9 Å². The van der Waals surface area contributed by atoms with Gasteiger partial charge in [0.25, 0.3) is 5.91 Å². The molecule has 1 amide bonds. The number of likely N-dealkylation sites (N-methyl/N-ethyl adjacent to an activating group) is 2. The quantitative estimate of drug-likeness (QED) is 0.488. The van der Waals surface area contributed by atoms with Gasteiger partial charge in [-0.25, -0.2) is 9.97 Å². The molecule has 1 aromatic heterocycles. The summed E-state index contributed by atoms with van der Waals surface area (Å²) in [7, 11) is 5.71. The molecule has 196 valence electrons. The van der Waals surface area contributed by atoms with E-state index in [4.69, 9.17) is 4.74 Å². The van der Waals surface area contributed by atoms with Gasteiger partial charge in [-0.15, -0.1) is 0 Å². The number of phenols is 1. The largest absolute Gasteiger partial charge is 0.505 e. The molecule has 0 bridgehead atoms. The Morgan fingerprint density at radius 3 is 2.22 bits per heavy atom. The van der Waals surface area contributed by atoms with E-state index < -0.39 is 5.91 Å². The molecular formula is C27H35N7O3. The Morgan fingerprint density at radius 2 is 1.57 bits per heavy atom. The van der Waals surface area contributed by atoms with Gasteiger partial charge in [0.15, 0.2) is 5.69 Å². The summed E-state index contributed by atoms with van der Waals surface area (Å²) in [4.78, 5) is 31.5. The van der Waals surface area contributed by atoms with Crippen molar-refractivity contribution in [2.45, 2.75) is 6.54 Å². The summed E-state index contributed by atoms with van der Waals surface area (Å²) >= 11 is 0. The molecule has 2 N–H and O–H groups in total. The first kappa shape index (κ1) is 25.2. The number of aromatic hydroxyl groups is 1. The van der Waals surface area contributed by atoms with Crippen molar-refractivity contribution in [1.29, 1.82) is 0 Å². The Labute approximate surface area is 217 Å². The van der Waals surface area contributed by atoms with Gasteiger partial charge >= 0.3 is 0 Å². The highest BCUT2D eigenvalue weighted by Crippen LogP contribution is 2.36.